The molecule has 4 nitrogen and oxygen atoms in total. The highest BCUT2D eigenvalue weighted by Crippen LogP contribution is 2.21. The van der Waals surface area contributed by atoms with Gasteiger partial charge < -0.3 is 4.74 Å². The zero-order valence-corrected chi connectivity index (χ0v) is 9.31. The van der Waals surface area contributed by atoms with Gasteiger partial charge in [-0.3, -0.25) is 0 Å². The fourth-order valence-corrected chi connectivity index (χ4v) is 1.41. The van der Waals surface area contributed by atoms with E-state index in [1.165, 1.54) is 4.72 Å². The maximum absolute atomic E-state index is 11.9. The molecule has 0 aliphatic rings. The molecule has 0 amide bonds. The van der Waals surface area contributed by atoms with Crippen molar-refractivity contribution in [2.45, 2.75) is 5.51 Å². The Balaban J connectivity index is 2.35. The minimum Gasteiger partial charge on any atom is -0.492 e. The predicted molar refractivity (Wildman–Crippen MR) is 53.8 cm³/mol. The number of hydrogen-bond donors (Lipinski definition) is 1. The lowest BCUT2D eigenvalue weighted by Crippen LogP contribution is -2.38. The maximum Gasteiger partial charge on any atom is 0.511 e. The van der Waals surface area contributed by atoms with E-state index in [0.29, 0.717) is 5.75 Å². The standard InChI is InChI=1S/C9H9F3NO3S/c10-9(11,12)17(14,15)13-6-7-16-8-4-2-1-3-5-8/h2-5,13H,6-7H2. The summed E-state index contributed by atoms with van der Waals surface area (Å²) in [5.74, 6) is 0.426. The number of rotatable bonds is 5. The highest BCUT2D eigenvalue weighted by Gasteiger charge is 2.45. The van der Waals surface area contributed by atoms with Gasteiger partial charge in [-0.05, 0) is 18.2 Å². The molecule has 1 N–H and O–H groups in total. The van der Waals surface area contributed by atoms with Gasteiger partial charge >= 0.3 is 15.5 Å². The zero-order valence-electron chi connectivity index (χ0n) is 8.49. The Labute approximate surface area is 96.4 Å². The normalized spacial score (nSPS) is 12.4. The fourth-order valence-electron chi connectivity index (χ4n) is 0.895. The van der Waals surface area contributed by atoms with Crippen LogP contribution in [0.3, 0.4) is 0 Å². The van der Waals surface area contributed by atoms with Gasteiger partial charge in [0.2, 0.25) is 0 Å². The highest BCUT2D eigenvalue weighted by atomic mass is 32.2. The molecule has 0 fully saturated rings. The van der Waals surface area contributed by atoms with Gasteiger partial charge in [0.05, 0.1) is 0 Å². The van der Waals surface area contributed by atoms with Crippen molar-refractivity contribution in [2.75, 3.05) is 13.2 Å². The van der Waals surface area contributed by atoms with Crippen molar-refractivity contribution in [1.82, 2.24) is 4.72 Å². The summed E-state index contributed by atoms with van der Waals surface area (Å²) in [4.78, 5) is 0. The van der Waals surface area contributed by atoms with Crippen molar-refractivity contribution in [3.05, 3.63) is 30.3 Å². The van der Waals surface area contributed by atoms with E-state index in [-0.39, 0.29) is 6.61 Å². The van der Waals surface area contributed by atoms with Crippen LogP contribution in [0, 0.1) is 6.07 Å². The summed E-state index contributed by atoms with van der Waals surface area (Å²) >= 11 is 0. The summed E-state index contributed by atoms with van der Waals surface area (Å²) in [5.41, 5.74) is -5.30. The first-order chi connectivity index (χ1) is 7.83. The smallest absolute Gasteiger partial charge is 0.492 e. The van der Waals surface area contributed by atoms with E-state index < -0.39 is 22.1 Å². The van der Waals surface area contributed by atoms with Crippen molar-refractivity contribution >= 4 is 10.0 Å². The molecule has 0 spiro atoms. The minimum atomic E-state index is -5.30. The molecule has 0 unspecified atom stereocenters. The van der Waals surface area contributed by atoms with Crippen molar-refractivity contribution in [1.29, 1.82) is 0 Å². The number of nitrogens with one attached hydrogen (secondary N) is 1. The molecule has 0 aliphatic carbocycles. The molecule has 0 saturated carbocycles. The Bertz CT molecular complexity index is 444. The van der Waals surface area contributed by atoms with E-state index in [1.54, 1.807) is 24.3 Å². The van der Waals surface area contributed by atoms with E-state index >= 15 is 0 Å². The van der Waals surface area contributed by atoms with E-state index in [0.717, 1.165) is 0 Å². The molecule has 17 heavy (non-hydrogen) atoms. The number of benzene rings is 1. The maximum atomic E-state index is 11.9. The second-order valence-corrected chi connectivity index (χ2v) is 4.69. The Morgan fingerprint density at radius 1 is 1.29 bits per heavy atom. The Kier molecular flexibility index (Phi) is 4.35. The average Bonchev–Trinajstić information content (AvgIpc) is 2.24. The molecule has 1 radical (unpaired) electrons. The second kappa shape index (κ2) is 5.37. The molecule has 8 heteroatoms. The number of ether oxygens (including phenoxy) is 1. The summed E-state index contributed by atoms with van der Waals surface area (Å²) in [6.45, 7) is -0.653. The third-order valence-corrected chi connectivity index (χ3v) is 2.85. The van der Waals surface area contributed by atoms with Gasteiger partial charge in [0, 0.05) is 6.54 Å². The first-order valence-corrected chi connectivity index (χ1v) is 5.96. The molecular weight excluding hydrogens is 259 g/mol. The monoisotopic (exact) mass is 268 g/mol. The average molecular weight is 268 g/mol. The molecule has 0 aromatic heterocycles. The largest absolute Gasteiger partial charge is 0.511 e. The van der Waals surface area contributed by atoms with Crippen LogP contribution in [0.2, 0.25) is 0 Å². The van der Waals surface area contributed by atoms with Crippen LogP contribution in [0.25, 0.3) is 0 Å². The molecule has 95 valence electrons. The number of halogens is 3. The second-order valence-electron chi connectivity index (χ2n) is 2.93. The lowest BCUT2D eigenvalue weighted by molar-refractivity contribution is -0.0448. The first-order valence-electron chi connectivity index (χ1n) is 4.48. The van der Waals surface area contributed by atoms with Crippen molar-refractivity contribution in [2.24, 2.45) is 0 Å². The summed E-state index contributed by atoms with van der Waals surface area (Å²) in [7, 11) is -5.29. The molecule has 1 aromatic rings. The summed E-state index contributed by atoms with van der Waals surface area (Å²) in [5, 5.41) is 0. The Hall–Kier alpha value is -1.28. The van der Waals surface area contributed by atoms with Gasteiger partial charge in [-0.15, -0.1) is 0 Å². The Morgan fingerprint density at radius 3 is 2.41 bits per heavy atom. The van der Waals surface area contributed by atoms with Crippen LogP contribution in [0.4, 0.5) is 13.2 Å². The topological polar surface area (TPSA) is 55.4 Å². The molecule has 0 heterocycles. The van der Waals surface area contributed by atoms with E-state index in [9.17, 15) is 21.6 Å². The SMILES string of the molecule is O=S(=O)(NCCOc1cc[c]cc1)C(F)(F)F. The van der Waals surface area contributed by atoms with Gasteiger partial charge in [-0.1, -0.05) is 12.1 Å². The van der Waals surface area contributed by atoms with Gasteiger partial charge in [0.15, 0.2) is 0 Å². The van der Waals surface area contributed by atoms with Crippen LogP contribution < -0.4 is 9.46 Å². The third-order valence-electron chi connectivity index (χ3n) is 1.66. The molecule has 0 saturated heterocycles. The molecule has 0 aliphatic heterocycles. The van der Waals surface area contributed by atoms with Crippen LogP contribution in [0.1, 0.15) is 0 Å². The molecule has 1 aromatic carbocycles. The molecular formula is C9H9F3NO3S. The quantitative estimate of drug-likeness (QED) is 0.819. The van der Waals surface area contributed by atoms with Crippen molar-refractivity contribution in [3.63, 3.8) is 0 Å². The Morgan fingerprint density at radius 2 is 1.88 bits per heavy atom. The fraction of sp³-hybridized carbons (Fsp3) is 0.333. The lowest BCUT2D eigenvalue weighted by atomic mass is 10.3. The summed E-state index contributed by atoms with van der Waals surface area (Å²) < 4.78 is 63.2. The van der Waals surface area contributed by atoms with Crippen molar-refractivity contribution in [3.8, 4) is 5.75 Å². The molecule has 0 atom stereocenters. The first kappa shape index (κ1) is 13.8. The molecule has 0 bridgehead atoms. The number of hydrogen-bond acceptors (Lipinski definition) is 3. The minimum absolute atomic E-state index is 0.195. The van der Waals surface area contributed by atoms with Gasteiger partial charge in [-0.25, -0.2) is 13.1 Å². The zero-order chi connectivity index (χ0) is 12.9. The lowest BCUT2D eigenvalue weighted by Gasteiger charge is -2.10. The summed E-state index contributed by atoms with van der Waals surface area (Å²) in [6, 6.07) is 8.96. The molecule has 1 rings (SSSR count). The van der Waals surface area contributed by atoms with E-state index in [4.69, 9.17) is 4.74 Å². The predicted octanol–water partition coefficient (Wildman–Crippen LogP) is 1.30. The van der Waals surface area contributed by atoms with E-state index in [2.05, 4.69) is 6.07 Å². The van der Waals surface area contributed by atoms with Crippen LogP contribution in [0.5, 0.6) is 5.75 Å². The van der Waals surface area contributed by atoms with Crippen LogP contribution in [-0.2, 0) is 10.0 Å². The van der Waals surface area contributed by atoms with Crippen LogP contribution in [0.15, 0.2) is 24.3 Å². The summed E-state index contributed by atoms with van der Waals surface area (Å²) in [6.07, 6.45) is 0. The van der Waals surface area contributed by atoms with Gasteiger partial charge in [-0.2, -0.15) is 13.2 Å². The van der Waals surface area contributed by atoms with Gasteiger partial charge in [0.1, 0.15) is 12.4 Å². The van der Waals surface area contributed by atoms with Crippen molar-refractivity contribution < 1.29 is 26.3 Å². The van der Waals surface area contributed by atoms with E-state index in [1.807, 2.05) is 0 Å². The highest BCUT2D eigenvalue weighted by molar-refractivity contribution is 7.90. The van der Waals surface area contributed by atoms with Gasteiger partial charge in [0.25, 0.3) is 0 Å². The number of alkyl halides is 3. The van der Waals surface area contributed by atoms with Crippen LogP contribution >= 0.6 is 0 Å². The number of sulfonamides is 1. The van der Waals surface area contributed by atoms with Crippen LogP contribution in [-0.4, -0.2) is 27.1 Å². The third kappa shape index (κ3) is 4.23.